The number of pyridine rings is 1. The Hall–Kier alpha value is -2.91. The summed E-state index contributed by atoms with van der Waals surface area (Å²) in [5.41, 5.74) is 2.39. The highest BCUT2D eigenvalue weighted by atomic mass is 16.6. The van der Waals surface area contributed by atoms with Crippen LogP contribution in [-0.4, -0.2) is 50.2 Å². The fraction of sp³-hybridized carbons (Fsp3) is 0.542. The van der Waals surface area contributed by atoms with Crippen LogP contribution in [-0.2, 0) is 15.9 Å². The molecule has 0 bridgehead atoms. The van der Waals surface area contributed by atoms with Crippen LogP contribution in [0, 0.1) is 0 Å². The molecule has 2 unspecified atom stereocenters. The van der Waals surface area contributed by atoms with Crippen molar-refractivity contribution >= 4 is 11.7 Å². The molecule has 0 aliphatic carbocycles. The Balaban J connectivity index is 1.67. The highest BCUT2D eigenvalue weighted by Crippen LogP contribution is 2.29. The van der Waals surface area contributed by atoms with Crippen molar-refractivity contribution in [2.75, 3.05) is 13.7 Å². The number of aromatic nitrogens is 4. The average Bonchev–Trinajstić information content (AvgIpc) is 3.39. The number of nitrogens with one attached hydrogen (secondary N) is 2. The predicted octanol–water partition coefficient (Wildman–Crippen LogP) is 3.90. The number of ether oxygens (including phenoxy) is 2. The van der Waals surface area contributed by atoms with Crippen LogP contribution in [0.4, 0.5) is 4.79 Å². The van der Waals surface area contributed by atoms with Crippen LogP contribution in [0.25, 0.3) is 16.9 Å². The fourth-order valence-corrected chi connectivity index (χ4v) is 4.05. The molecule has 2 atom stereocenters. The summed E-state index contributed by atoms with van der Waals surface area (Å²) in [7, 11) is 1.82. The number of fused-ring (bicyclic) bond motifs is 1. The van der Waals surface area contributed by atoms with E-state index in [2.05, 4.69) is 15.6 Å². The molecular weight excluding hydrogens is 420 g/mol. The number of nitrogens with zero attached hydrogens (tertiary/aromatic N) is 4. The zero-order valence-electron chi connectivity index (χ0n) is 20.1. The van der Waals surface area contributed by atoms with Gasteiger partial charge in [-0.2, -0.15) is 5.10 Å². The molecular formula is C24H34N6O3. The molecule has 3 aromatic heterocycles. The Bertz CT molecular complexity index is 1110. The van der Waals surface area contributed by atoms with Crippen molar-refractivity contribution in [2.24, 2.45) is 0 Å². The van der Waals surface area contributed by atoms with Gasteiger partial charge in [0.05, 0.1) is 11.4 Å². The molecule has 0 radical (unpaired) electrons. The van der Waals surface area contributed by atoms with Gasteiger partial charge in [-0.05, 0) is 66.1 Å². The molecule has 1 saturated heterocycles. The van der Waals surface area contributed by atoms with Crippen LogP contribution < -0.4 is 10.6 Å². The van der Waals surface area contributed by atoms with E-state index in [4.69, 9.17) is 14.6 Å². The number of carbonyl (C=O) groups excluding carboxylic acids is 1. The highest BCUT2D eigenvalue weighted by Gasteiger charge is 2.30. The van der Waals surface area contributed by atoms with Crippen molar-refractivity contribution in [1.82, 2.24) is 29.8 Å². The Kier molecular flexibility index (Phi) is 6.45. The first-order valence-corrected chi connectivity index (χ1v) is 11.5. The van der Waals surface area contributed by atoms with E-state index in [1.165, 1.54) is 0 Å². The Morgan fingerprint density at radius 1 is 1.24 bits per heavy atom. The van der Waals surface area contributed by atoms with Crippen LogP contribution >= 0.6 is 0 Å². The minimum Gasteiger partial charge on any atom is -0.444 e. The SMILES string of the molecule is CNC(C)(Cc1cn(C2CCCCO2)nc1-c1ccc2nccn2c1)NC(=O)OC(C)(C)C. The first-order valence-electron chi connectivity index (χ1n) is 11.5. The van der Waals surface area contributed by atoms with Crippen LogP contribution in [0.1, 0.15) is 58.7 Å². The standard InChI is InChI=1S/C24H34N6O3/c1-23(2,3)33-22(31)27-24(4,25-5)14-18-16-30(20-8-6-7-13-32-20)28-21(18)17-9-10-19-26-11-12-29(19)15-17/h9-12,15-16,20,25H,6-8,13-14H2,1-5H3,(H,27,31). The van der Waals surface area contributed by atoms with E-state index in [9.17, 15) is 4.79 Å². The molecule has 0 spiro atoms. The minimum absolute atomic E-state index is 0.0807. The third-order valence-electron chi connectivity index (χ3n) is 5.79. The van der Waals surface area contributed by atoms with E-state index >= 15 is 0 Å². The lowest BCUT2D eigenvalue weighted by molar-refractivity contribution is -0.0394. The molecule has 3 aromatic rings. The molecule has 1 fully saturated rings. The molecule has 1 aliphatic heterocycles. The zero-order chi connectivity index (χ0) is 23.6. The van der Waals surface area contributed by atoms with Gasteiger partial charge < -0.3 is 19.2 Å². The normalized spacial score (nSPS) is 18.8. The Labute approximate surface area is 194 Å². The summed E-state index contributed by atoms with van der Waals surface area (Å²) < 4.78 is 15.4. The highest BCUT2D eigenvalue weighted by molar-refractivity contribution is 5.69. The number of rotatable bonds is 6. The quantitative estimate of drug-likeness (QED) is 0.549. The van der Waals surface area contributed by atoms with Crippen molar-refractivity contribution in [2.45, 2.75) is 70.9 Å². The van der Waals surface area contributed by atoms with Gasteiger partial charge in [-0.25, -0.2) is 14.5 Å². The Morgan fingerprint density at radius 2 is 2.06 bits per heavy atom. The second-order valence-electron chi connectivity index (χ2n) is 9.80. The second-order valence-corrected chi connectivity index (χ2v) is 9.80. The maximum atomic E-state index is 12.5. The van der Waals surface area contributed by atoms with Crippen molar-refractivity contribution in [3.63, 3.8) is 0 Å². The number of alkyl carbamates (subject to hydrolysis) is 1. The van der Waals surface area contributed by atoms with Crippen molar-refractivity contribution in [1.29, 1.82) is 0 Å². The molecule has 9 nitrogen and oxygen atoms in total. The van der Waals surface area contributed by atoms with Gasteiger partial charge in [-0.3, -0.25) is 5.32 Å². The van der Waals surface area contributed by atoms with E-state index in [-0.39, 0.29) is 6.23 Å². The summed E-state index contributed by atoms with van der Waals surface area (Å²) in [6.07, 6.45) is 10.8. The van der Waals surface area contributed by atoms with E-state index < -0.39 is 17.4 Å². The lowest BCUT2D eigenvalue weighted by Gasteiger charge is -2.32. The minimum atomic E-state index is -0.739. The van der Waals surface area contributed by atoms with Gasteiger partial charge in [0, 0.05) is 48.9 Å². The largest absolute Gasteiger partial charge is 0.444 e. The molecule has 4 rings (SSSR count). The molecule has 4 heterocycles. The molecule has 1 aliphatic rings. The number of carbonyl (C=O) groups is 1. The summed E-state index contributed by atoms with van der Waals surface area (Å²) >= 11 is 0. The van der Waals surface area contributed by atoms with Gasteiger partial charge in [-0.1, -0.05) is 0 Å². The zero-order valence-corrected chi connectivity index (χ0v) is 20.1. The smallest absolute Gasteiger partial charge is 0.409 e. The van der Waals surface area contributed by atoms with Crippen molar-refractivity contribution < 1.29 is 14.3 Å². The number of amides is 1. The third kappa shape index (κ3) is 5.54. The monoisotopic (exact) mass is 454 g/mol. The van der Waals surface area contributed by atoms with Gasteiger partial charge in [0.15, 0.2) is 0 Å². The lowest BCUT2D eigenvalue weighted by atomic mass is 9.99. The van der Waals surface area contributed by atoms with E-state index in [1.807, 2.05) is 74.5 Å². The van der Waals surface area contributed by atoms with E-state index in [0.29, 0.717) is 6.42 Å². The third-order valence-corrected chi connectivity index (χ3v) is 5.79. The summed E-state index contributed by atoms with van der Waals surface area (Å²) in [4.78, 5) is 16.9. The average molecular weight is 455 g/mol. The Morgan fingerprint density at radius 3 is 2.76 bits per heavy atom. The number of likely N-dealkylation sites (N-methyl/N-ethyl adjacent to an activating group) is 1. The summed E-state index contributed by atoms with van der Waals surface area (Å²) in [6.45, 7) is 8.23. The van der Waals surface area contributed by atoms with Crippen LogP contribution in [0.15, 0.2) is 36.9 Å². The molecule has 0 aromatic carbocycles. The van der Waals surface area contributed by atoms with Crippen molar-refractivity contribution in [3.05, 3.63) is 42.5 Å². The summed E-state index contributed by atoms with van der Waals surface area (Å²) in [5, 5.41) is 11.2. The van der Waals surface area contributed by atoms with Crippen LogP contribution in [0.5, 0.6) is 0 Å². The van der Waals surface area contributed by atoms with E-state index in [0.717, 1.165) is 48.3 Å². The summed E-state index contributed by atoms with van der Waals surface area (Å²) in [6, 6.07) is 4.00. The van der Waals surface area contributed by atoms with Gasteiger partial charge >= 0.3 is 6.09 Å². The lowest BCUT2D eigenvalue weighted by Crippen LogP contribution is -2.57. The maximum Gasteiger partial charge on any atom is 0.409 e. The number of hydrogen-bond acceptors (Lipinski definition) is 6. The van der Waals surface area contributed by atoms with Gasteiger partial charge in [0.2, 0.25) is 0 Å². The van der Waals surface area contributed by atoms with Crippen LogP contribution in [0.2, 0.25) is 0 Å². The summed E-state index contributed by atoms with van der Waals surface area (Å²) in [5.74, 6) is 0. The molecule has 9 heteroatoms. The van der Waals surface area contributed by atoms with Gasteiger partial charge in [-0.15, -0.1) is 0 Å². The van der Waals surface area contributed by atoms with Gasteiger partial charge in [0.1, 0.15) is 17.5 Å². The fourth-order valence-electron chi connectivity index (χ4n) is 4.05. The second kappa shape index (κ2) is 9.15. The molecule has 0 saturated carbocycles. The number of hydrogen-bond donors (Lipinski definition) is 2. The molecule has 178 valence electrons. The predicted molar refractivity (Wildman–Crippen MR) is 126 cm³/mol. The van der Waals surface area contributed by atoms with Crippen molar-refractivity contribution in [3.8, 4) is 11.3 Å². The molecule has 1 amide bonds. The van der Waals surface area contributed by atoms with Gasteiger partial charge in [0.25, 0.3) is 0 Å². The van der Waals surface area contributed by atoms with E-state index in [1.54, 1.807) is 6.20 Å². The maximum absolute atomic E-state index is 12.5. The molecule has 33 heavy (non-hydrogen) atoms. The first kappa shape index (κ1) is 23.3. The first-order chi connectivity index (χ1) is 15.7. The topological polar surface area (TPSA) is 94.7 Å². The molecule has 2 N–H and O–H groups in total. The number of imidazole rings is 1. The van der Waals surface area contributed by atoms with Crippen LogP contribution in [0.3, 0.4) is 0 Å².